The monoisotopic (exact) mass is 412 g/mol. The van der Waals surface area contributed by atoms with Crippen molar-refractivity contribution >= 4 is 11.6 Å². The Bertz CT molecular complexity index is 950. The van der Waals surface area contributed by atoms with Gasteiger partial charge in [0.25, 0.3) is 0 Å². The Hall–Kier alpha value is -3.61. The van der Waals surface area contributed by atoms with Gasteiger partial charge in [-0.25, -0.2) is 0 Å². The Labute approximate surface area is 173 Å². The summed E-state index contributed by atoms with van der Waals surface area (Å²) in [5.74, 6) is 0.465. The molecule has 3 aromatic rings. The third-order valence-corrected chi connectivity index (χ3v) is 4.42. The van der Waals surface area contributed by atoms with E-state index in [9.17, 15) is 13.6 Å². The highest BCUT2D eigenvalue weighted by Gasteiger charge is 2.17. The first-order valence-corrected chi connectivity index (χ1v) is 9.33. The minimum absolute atomic E-state index is 0.0380. The number of alkyl halides is 2. The number of benzene rings is 3. The van der Waals surface area contributed by atoms with E-state index in [1.165, 1.54) is 12.1 Å². The number of nitrogens with one attached hydrogen (secondary N) is 2. The zero-order valence-corrected chi connectivity index (χ0v) is 16.3. The van der Waals surface area contributed by atoms with Crippen LogP contribution in [-0.2, 0) is 4.79 Å². The van der Waals surface area contributed by atoms with Crippen LogP contribution < -0.4 is 20.1 Å². The number of ether oxygens (including phenoxy) is 2. The molecule has 2 N–H and O–H groups in total. The van der Waals surface area contributed by atoms with Gasteiger partial charge in [0.05, 0.1) is 25.4 Å². The molecule has 0 heterocycles. The lowest BCUT2D eigenvalue weighted by atomic mass is 9.98. The SMILES string of the molecule is COc1ccccc1NCC(=O)N[C@H](c1ccccc1)c1ccc(OC(F)F)cc1. The van der Waals surface area contributed by atoms with E-state index in [1.54, 1.807) is 25.3 Å². The van der Waals surface area contributed by atoms with Gasteiger partial charge in [0.2, 0.25) is 5.91 Å². The Morgan fingerprint density at radius 2 is 1.53 bits per heavy atom. The van der Waals surface area contributed by atoms with Gasteiger partial charge in [0.1, 0.15) is 11.5 Å². The summed E-state index contributed by atoms with van der Waals surface area (Å²) in [6.45, 7) is -2.85. The summed E-state index contributed by atoms with van der Waals surface area (Å²) in [6, 6.07) is 22.5. The van der Waals surface area contributed by atoms with Crippen LogP contribution in [0.1, 0.15) is 17.2 Å². The third kappa shape index (κ3) is 5.70. The summed E-state index contributed by atoms with van der Waals surface area (Å²) >= 11 is 0. The highest BCUT2D eigenvalue weighted by Crippen LogP contribution is 2.25. The second-order valence-electron chi connectivity index (χ2n) is 6.41. The molecule has 0 unspecified atom stereocenters. The van der Waals surface area contributed by atoms with Crippen molar-refractivity contribution in [3.8, 4) is 11.5 Å². The van der Waals surface area contributed by atoms with E-state index in [2.05, 4.69) is 15.4 Å². The van der Waals surface area contributed by atoms with Gasteiger partial charge in [-0.3, -0.25) is 4.79 Å². The number of amides is 1. The molecule has 0 aliphatic heterocycles. The second-order valence-corrected chi connectivity index (χ2v) is 6.41. The van der Waals surface area contributed by atoms with Gasteiger partial charge in [-0.1, -0.05) is 54.6 Å². The highest BCUT2D eigenvalue weighted by atomic mass is 19.3. The van der Waals surface area contributed by atoms with Crippen molar-refractivity contribution < 1.29 is 23.0 Å². The number of anilines is 1. The zero-order valence-electron chi connectivity index (χ0n) is 16.3. The van der Waals surface area contributed by atoms with Gasteiger partial charge in [-0.05, 0) is 35.4 Å². The Kier molecular flexibility index (Phi) is 7.21. The van der Waals surface area contributed by atoms with Gasteiger partial charge >= 0.3 is 6.61 Å². The summed E-state index contributed by atoms with van der Waals surface area (Å²) in [7, 11) is 1.56. The number of para-hydroxylation sites is 2. The molecule has 1 amide bonds. The van der Waals surface area contributed by atoms with Crippen LogP contribution in [-0.4, -0.2) is 26.2 Å². The van der Waals surface area contributed by atoms with Crippen molar-refractivity contribution in [3.63, 3.8) is 0 Å². The molecule has 0 aliphatic carbocycles. The average Bonchev–Trinajstić information content (AvgIpc) is 2.77. The van der Waals surface area contributed by atoms with Crippen molar-refractivity contribution in [1.29, 1.82) is 0 Å². The number of methoxy groups -OCH3 is 1. The number of halogens is 2. The fourth-order valence-electron chi connectivity index (χ4n) is 3.02. The van der Waals surface area contributed by atoms with Crippen molar-refractivity contribution in [2.24, 2.45) is 0 Å². The van der Waals surface area contributed by atoms with Gasteiger partial charge < -0.3 is 20.1 Å². The highest BCUT2D eigenvalue weighted by molar-refractivity contribution is 5.82. The second kappa shape index (κ2) is 10.2. The molecule has 3 rings (SSSR count). The van der Waals surface area contributed by atoms with Crippen LogP contribution in [0.3, 0.4) is 0 Å². The molecule has 0 radical (unpaired) electrons. The molecule has 0 aliphatic rings. The van der Waals surface area contributed by atoms with Crippen molar-refractivity contribution in [2.75, 3.05) is 19.0 Å². The first kappa shape index (κ1) is 21.1. The van der Waals surface area contributed by atoms with Gasteiger partial charge in [0.15, 0.2) is 0 Å². The average molecular weight is 412 g/mol. The summed E-state index contributed by atoms with van der Waals surface area (Å²) in [5.41, 5.74) is 2.32. The lowest BCUT2D eigenvalue weighted by molar-refractivity contribution is -0.119. The minimum atomic E-state index is -2.89. The first-order chi connectivity index (χ1) is 14.6. The van der Waals surface area contributed by atoms with Crippen molar-refractivity contribution in [3.05, 3.63) is 90.0 Å². The molecule has 0 fully saturated rings. The van der Waals surface area contributed by atoms with E-state index in [-0.39, 0.29) is 18.2 Å². The Morgan fingerprint density at radius 3 is 2.20 bits per heavy atom. The predicted molar refractivity (Wildman–Crippen MR) is 111 cm³/mol. The molecule has 1 atom stereocenters. The predicted octanol–water partition coefficient (Wildman–Crippen LogP) is 4.61. The molecular weight excluding hydrogens is 390 g/mol. The summed E-state index contributed by atoms with van der Waals surface area (Å²) < 4.78 is 34.5. The molecule has 0 aromatic heterocycles. The zero-order chi connectivity index (χ0) is 21.3. The Balaban J connectivity index is 1.74. The summed E-state index contributed by atoms with van der Waals surface area (Å²) in [6.07, 6.45) is 0. The Morgan fingerprint density at radius 1 is 0.900 bits per heavy atom. The third-order valence-electron chi connectivity index (χ3n) is 4.42. The fourth-order valence-corrected chi connectivity index (χ4v) is 3.02. The van der Waals surface area contributed by atoms with Crippen LogP contribution in [0.25, 0.3) is 0 Å². The van der Waals surface area contributed by atoms with Crippen LogP contribution in [0.2, 0.25) is 0 Å². The molecule has 30 heavy (non-hydrogen) atoms. The van der Waals surface area contributed by atoms with Crippen LogP contribution in [0.4, 0.5) is 14.5 Å². The van der Waals surface area contributed by atoms with E-state index in [0.717, 1.165) is 11.1 Å². The van der Waals surface area contributed by atoms with Crippen LogP contribution >= 0.6 is 0 Å². The van der Waals surface area contributed by atoms with Gasteiger partial charge in [0, 0.05) is 0 Å². The fraction of sp³-hybridized carbons (Fsp3) is 0.174. The lowest BCUT2D eigenvalue weighted by Gasteiger charge is -2.21. The molecule has 156 valence electrons. The summed E-state index contributed by atoms with van der Waals surface area (Å²) in [4.78, 5) is 12.6. The number of rotatable bonds is 9. The molecule has 7 heteroatoms. The molecule has 0 bridgehead atoms. The topological polar surface area (TPSA) is 59.6 Å². The van der Waals surface area contributed by atoms with Crippen LogP contribution in [0, 0.1) is 0 Å². The largest absolute Gasteiger partial charge is 0.495 e. The molecule has 3 aromatic carbocycles. The van der Waals surface area contributed by atoms with Gasteiger partial charge in [-0.2, -0.15) is 8.78 Å². The smallest absolute Gasteiger partial charge is 0.387 e. The van der Waals surface area contributed by atoms with Crippen LogP contribution in [0.5, 0.6) is 11.5 Å². The minimum Gasteiger partial charge on any atom is -0.495 e. The van der Waals surface area contributed by atoms with E-state index in [0.29, 0.717) is 11.4 Å². The van der Waals surface area contributed by atoms with Crippen molar-refractivity contribution in [2.45, 2.75) is 12.7 Å². The number of hydrogen-bond donors (Lipinski definition) is 2. The van der Waals surface area contributed by atoms with Gasteiger partial charge in [-0.15, -0.1) is 0 Å². The van der Waals surface area contributed by atoms with E-state index in [4.69, 9.17) is 4.74 Å². The molecule has 0 saturated carbocycles. The van der Waals surface area contributed by atoms with E-state index < -0.39 is 12.7 Å². The maximum atomic E-state index is 12.6. The molecule has 0 spiro atoms. The quantitative estimate of drug-likeness (QED) is 0.539. The van der Waals surface area contributed by atoms with Crippen LogP contribution in [0.15, 0.2) is 78.9 Å². The number of carbonyl (C=O) groups excluding carboxylic acids is 1. The standard InChI is InChI=1S/C23H22F2N2O3/c1-29-20-10-6-5-9-19(20)26-15-21(28)27-22(16-7-3-2-4-8-16)17-11-13-18(14-12-17)30-23(24)25/h2-14,22-23,26H,15H2,1H3,(H,27,28)/t22-/m1/s1. The molecular formula is C23H22F2N2O3. The molecule has 0 saturated heterocycles. The number of hydrogen-bond acceptors (Lipinski definition) is 4. The molecule has 5 nitrogen and oxygen atoms in total. The van der Waals surface area contributed by atoms with E-state index in [1.807, 2.05) is 48.5 Å². The normalized spacial score (nSPS) is 11.6. The van der Waals surface area contributed by atoms with Crippen molar-refractivity contribution in [1.82, 2.24) is 5.32 Å². The first-order valence-electron chi connectivity index (χ1n) is 9.33. The van der Waals surface area contributed by atoms with E-state index >= 15 is 0 Å². The lowest BCUT2D eigenvalue weighted by Crippen LogP contribution is -2.34. The maximum Gasteiger partial charge on any atom is 0.387 e. The summed E-state index contributed by atoms with van der Waals surface area (Å²) in [5, 5.41) is 6.05. The number of carbonyl (C=O) groups is 1. The maximum absolute atomic E-state index is 12.6.